The van der Waals surface area contributed by atoms with E-state index in [2.05, 4.69) is 10.6 Å². The average molecular weight is 340 g/mol. The molecule has 1 fully saturated rings. The molecule has 23 heavy (non-hydrogen) atoms. The van der Waals surface area contributed by atoms with Crippen LogP contribution in [0.1, 0.15) is 13.8 Å². The Hall–Kier alpha value is -2.28. The van der Waals surface area contributed by atoms with Gasteiger partial charge in [0.15, 0.2) is 0 Å². The molecule has 0 spiro atoms. The van der Waals surface area contributed by atoms with Gasteiger partial charge in [0, 0.05) is 5.69 Å². The lowest BCUT2D eigenvalue weighted by Gasteiger charge is -2.14. The van der Waals surface area contributed by atoms with Gasteiger partial charge in [-0.15, -0.1) is 0 Å². The van der Waals surface area contributed by atoms with Gasteiger partial charge in [0.25, 0.3) is 0 Å². The smallest absolute Gasteiger partial charge is 0.325 e. The van der Waals surface area contributed by atoms with Gasteiger partial charge in [0.05, 0.1) is 11.6 Å². The Morgan fingerprint density at radius 2 is 2.17 bits per heavy atom. The van der Waals surface area contributed by atoms with Gasteiger partial charge in [-0.3, -0.25) is 14.9 Å². The van der Waals surface area contributed by atoms with E-state index in [1.807, 2.05) is 13.8 Å². The summed E-state index contributed by atoms with van der Waals surface area (Å²) in [5.41, 5.74) is 0.489. The van der Waals surface area contributed by atoms with E-state index < -0.39 is 17.8 Å². The number of carbonyl (C=O) groups excluding carboxylic acids is 3. The van der Waals surface area contributed by atoms with Gasteiger partial charge in [-0.05, 0) is 24.1 Å². The second kappa shape index (κ2) is 7.32. The summed E-state index contributed by atoms with van der Waals surface area (Å²) in [6.07, 6.45) is 0. The number of halogens is 1. The largest absolute Gasteiger partial charge is 0.492 e. The Kier molecular flexibility index (Phi) is 5.44. The molecular formula is C15H18ClN3O4. The zero-order valence-corrected chi connectivity index (χ0v) is 13.6. The molecule has 2 N–H and O–H groups in total. The highest BCUT2D eigenvalue weighted by Gasteiger charge is 2.28. The predicted molar refractivity (Wildman–Crippen MR) is 85.5 cm³/mol. The number of hydrogen-bond acceptors (Lipinski definition) is 4. The van der Waals surface area contributed by atoms with Crippen molar-refractivity contribution >= 4 is 35.1 Å². The van der Waals surface area contributed by atoms with Crippen molar-refractivity contribution in [1.29, 1.82) is 0 Å². The Bertz CT molecular complexity index is 633. The van der Waals surface area contributed by atoms with Gasteiger partial charge in [-0.25, -0.2) is 4.79 Å². The lowest BCUT2D eigenvalue weighted by Crippen LogP contribution is -2.35. The molecule has 0 radical (unpaired) electrons. The molecule has 0 atom stereocenters. The standard InChI is InChI=1S/C15H18ClN3O4/c1-9(2)8-23-12-4-3-10(5-11(12)16)17-13(20)6-19-7-14(21)18-15(19)22/h3-5,9H,6-8H2,1-2H3,(H,17,20)(H,18,21,22). The van der Waals surface area contributed by atoms with Crippen LogP contribution in [0.25, 0.3) is 0 Å². The van der Waals surface area contributed by atoms with Crippen LogP contribution in [0, 0.1) is 5.92 Å². The third-order valence-corrected chi connectivity index (χ3v) is 3.29. The second-order valence-electron chi connectivity index (χ2n) is 5.61. The third-order valence-electron chi connectivity index (χ3n) is 2.99. The molecule has 0 saturated carbocycles. The molecule has 1 saturated heterocycles. The molecule has 1 aromatic carbocycles. The van der Waals surface area contributed by atoms with E-state index >= 15 is 0 Å². The summed E-state index contributed by atoms with van der Waals surface area (Å²) >= 11 is 6.11. The number of urea groups is 1. The molecule has 0 bridgehead atoms. The van der Waals surface area contributed by atoms with Crippen LogP contribution in [0.3, 0.4) is 0 Å². The number of nitrogens with zero attached hydrogens (tertiary/aromatic N) is 1. The fraction of sp³-hybridized carbons (Fsp3) is 0.400. The van der Waals surface area contributed by atoms with Crippen molar-refractivity contribution in [3.63, 3.8) is 0 Å². The van der Waals surface area contributed by atoms with Crippen LogP contribution >= 0.6 is 11.6 Å². The number of benzene rings is 1. The fourth-order valence-electron chi connectivity index (χ4n) is 1.94. The van der Waals surface area contributed by atoms with Crippen LogP contribution in [-0.2, 0) is 9.59 Å². The lowest BCUT2D eigenvalue weighted by atomic mass is 10.2. The third kappa shape index (κ3) is 4.85. The first-order valence-corrected chi connectivity index (χ1v) is 7.54. The van der Waals surface area contributed by atoms with Crippen molar-refractivity contribution < 1.29 is 19.1 Å². The highest BCUT2D eigenvalue weighted by Crippen LogP contribution is 2.28. The first-order chi connectivity index (χ1) is 10.8. The van der Waals surface area contributed by atoms with Crippen LogP contribution < -0.4 is 15.4 Å². The number of nitrogens with one attached hydrogen (secondary N) is 2. The monoisotopic (exact) mass is 339 g/mol. The number of ether oxygens (including phenoxy) is 1. The van der Waals surface area contributed by atoms with Gasteiger partial charge in [0.2, 0.25) is 11.8 Å². The highest BCUT2D eigenvalue weighted by atomic mass is 35.5. The topological polar surface area (TPSA) is 87.7 Å². The predicted octanol–water partition coefficient (Wildman–Crippen LogP) is 1.87. The minimum atomic E-state index is -0.569. The lowest BCUT2D eigenvalue weighted by molar-refractivity contribution is -0.119. The van der Waals surface area contributed by atoms with Crippen LogP contribution in [-0.4, -0.2) is 42.4 Å². The number of rotatable bonds is 6. The summed E-state index contributed by atoms with van der Waals surface area (Å²) in [6, 6.07) is 4.34. The Morgan fingerprint density at radius 1 is 1.43 bits per heavy atom. The summed E-state index contributed by atoms with van der Waals surface area (Å²) in [7, 11) is 0. The van der Waals surface area contributed by atoms with E-state index in [1.165, 1.54) is 0 Å². The maximum atomic E-state index is 11.9. The zero-order chi connectivity index (χ0) is 17.0. The van der Waals surface area contributed by atoms with E-state index in [-0.39, 0.29) is 13.1 Å². The van der Waals surface area contributed by atoms with Crippen molar-refractivity contribution in [3.05, 3.63) is 23.2 Å². The Balaban J connectivity index is 1.92. The molecule has 7 nitrogen and oxygen atoms in total. The number of imide groups is 1. The highest BCUT2D eigenvalue weighted by molar-refractivity contribution is 6.32. The SMILES string of the molecule is CC(C)COc1ccc(NC(=O)CN2CC(=O)NC2=O)cc1Cl. The summed E-state index contributed by atoms with van der Waals surface area (Å²) in [5, 5.41) is 5.12. The minimum absolute atomic E-state index is 0.116. The average Bonchev–Trinajstić information content (AvgIpc) is 2.75. The molecule has 0 unspecified atom stereocenters. The molecule has 124 valence electrons. The van der Waals surface area contributed by atoms with E-state index in [1.54, 1.807) is 18.2 Å². The van der Waals surface area contributed by atoms with Crippen LogP contribution in [0.15, 0.2) is 18.2 Å². The van der Waals surface area contributed by atoms with E-state index in [4.69, 9.17) is 16.3 Å². The van der Waals surface area contributed by atoms with E-state index in [0.717, 1.165) is 4.90 Å². The van der Waals surface area contributed by atoms with Crippen molar-refractivity contribution in [2.24, 2.45) is 5.92 Å². The Morgan fingerprint density at radius 3 is 2.74 bits per heavy atom. The van der Waals surface area contributed by atoms with Gasteiger partial charge in [-0.1, -0.05) is 25.4 Å². The molecule has 1 aliphatic heterocycles. The van der Waals surface area contributed by atoms with Crippen molar-refractivity contribution in [2.75, 3.05) is 25.0 Å². The van der Waals surface area contributed by atoms with Crippen LogP contribution in [0.2, 0.25) is 5.02 Å². The molecule has 2 rings (SSSR count). The number of anilines is 1. The van der Waals surface area contributed by atoms with Gasteiger partial charge < -0.3 is 15.0 Å². The van der Waals surface area contributed by atoms with Crippen LogP contribution in [0.5, 0.6) is 5.75 Å². The first kappa shape index (κ1) is 17.1. The fourth-order valence-corrected chi connectivity index (χ4v) is 2.17. The molecule has 4 amide bonds. The number of hydrogen-bond donors (Lipinski definition) is 2. The molecule has 1 aliphatic rings. The molecule has 1 heterocycles. The molecule has 8 heteroatoms. The molecule has 0 aliphatic carbocycles. The van der Waals surface area contributed by atoms with E-state index in [0.29, 0.717) is 29.0 Å². The van der Waals surface area contributed by atoms with Crippen molar-refractivity contribution in [3.8, 4) is 5.75 Å². The maximum Gasteiger partial charge on any atom is 0.325 e. The van der Waals surface area contributed by atoms with Gasteiger partial charge in [0.1, 0.15) is 18.8 Å². The summed E-state index contributed by atoms with van der Waals surface area (Å²) in [4.78, 5) is 35.5. The summed E-state index contributed by atoms with van der Waals surface area (Å²) < 4.78 is 5.55. The zero-order valence-electron chi connectivity index (χ0n) is 12.9. The minimum Gasteiger partial charge on any atom is -0.492 e. The van der Waals surface area contributed by atoms with Crippen LogP contribution in [0.4, 0.5) is 10.5 Å². The molecular weight excluding hydrogens is 322 g/mol. The van der Waals surface area contributed by atoms with Gasteiger partial charge >= 0.3 is 6.03 Å². The van der Waals surface area contributed by atoms with Gasteiger partial charge in [-0.2, -0.15) is 0 Å². The molecule has 0 aromatic heterocycles. The first-order valence-electron chi connectivity index (χ1n) is 7.16. The molecule has 1 aromatic rings. The normalized spacial score (nSPS) is 14.2. The van der Waals surface area contributed by atoms with Crippen molar-refractivity contribution in [1.82, 2.24) is 10.2 Å². The maximum absolute atomic E-state index is 11.9. The quantitative estimate of drug-likeness (QED) is 0.774. The van der Waals surface area contributed by atoms with Crippen molar-refractivity contribution in [2.45, 2.75) is 13.8 Å². The van der Waals surface area contributed by atoms with E-state index in [9.17, 15) is 14.4 Å². The second-order valence-corrected chi connectivity index (χ2v) is 6.01. The number of amides is 4. The summed E-state index contributed by atoms with van der Waals surface area (Å²) in [5.74, 6) is 0.0851. The summed E-state index contributed by atoms with van der Waals surface area (Å²) in [6.45, 7) is 4.28. The number of carbonyl (C=O) groups is 3. The Labute approximate surface area is 138 Å².